The van der Waals surface area contributed by atoms with E-state index in [0.717, 1.165) is 31.0 Å². The van der Waals surface area contributed by atoms with Crippen LogP contribution in [0.1, 0.15) is 25.0 Å². The molecule has 2 aromatic heterocycles. The molecule has 0 fully saturated rings. The van der Waals surface area contributed by atoms with Crippen LogP contribution in [-0.2, 0) is 17.8 Å². The van der Waals surface area contributed by atoms with E-state index in [0.29, 0.717) is 10.8 Å². The number of carbonyl (C=O) groups is 1. The molecule has 8 heteroatoms. The number of anilines is 1. The summed E-state index contributed by atoms with van der Waals surface area (Å²) in [4.78, 5) is 16.3. The Morgan fingerprint density at radius 3 is 3.00 bits per heavy atom. The van der Waals surface area contributed by atoms with Gasteiger partial charge in [0.25, 0.3) is 0 Å². The van der Waals surface area contributed by atoms with Gasteiger partial charge in [0.2, 0.25) is 5.91 Å². The molecule has 0 saturated carbocycles. The normalized spacial score (nSPS) is 18.3. The quantitative estimate of drug-likeness (QED) is 0.886. The fourth-order valence-electron chi connectivity index (χ4n) is 2.71. The molecule has 0 aromatic carbocycles. The fourth-order valence-corrected chi connectivity index (χ4v) is 2.82. The van der Waals surface area contributed by atoms with Crippen molar-refractivity contribution in [1.82, 2.24) is 25.1 Å². The van der Waals surface area contributed by atoms with Gasteiger partial charge in [-0.1, -0.05) is 11.6 Å². The molecule has 0 bridgehead atoms. The molecular weight excluding hydrogens is 316 g/mol. The molecule has 0 spiro atoms. The average molecular weight is 335 g/mol. The maximum absolute atomic E-state index is 12.3. The first-order valence-corrected chi connectivity index (χ1v) is 7.98. The fraction of sp³-hybridized carbons (Fsp3) is 0.467. The number of aryl methyl sites for hydroxylation is 2. The molecule has 7 nitrogen and oxygen atoms in total. The van der Waals surface area contributed by atoms with Crippen LogP contribution in [0.15, 0.2) is 18.3 Å². The van der Waals surface area contributed by atoms with Gasteiger partial charge in [-0.15, -0.1) is 10.2 Å². The molecule has 0 saturated heterocycles. The van der Waals surface area contributed by atoms with Crippen LogP contribution in [0, 0.1) is 6.92 Å². The molecule has 2 atom stereocenters. The highest BCUT2D eigenvalue weighted by atomic mass is 35.5. The Balaban J connectivity index is 1.56. The number of nitrogens with zero attached hydrogens (tertiary/aromatic N) is 4. The van der Waals surface area contributed by atoms with Crippen LogP contribution in [0.4, 0.5) is 5.82 Å². The second kappa shape index (κ2) is 6.64. The van der Waals surface area contributed by atoms with Crippen molar-refractivity contribution in [2.45, 2.75) is 45.3 Å². The number of rotatable bonds is 4. The molecule has 23 heavy (non-hydrogen) atoms. The molecule has 3 rings (SSSR count). The Bertz CT molecular complexity index is 698. The molecule has 0 radical (unpaired) electrons. The first-order valence-electron chi connectivity index (χ1n) is 7.60. The van der Waals surface area contributed by atoms with E-state index in [1.165, 1.54) is 6.20 Å². The van der Waals surface area contributed by atoms with Crippen molar-refractivity contribution in [1.29, 1.82) is 0 Å². The van der Waals surface area contributed by atoms with E-state index in [2.05, 4.69) is 30.4 Å². The molecule has 0 unspecified atom stereocenters. The monoisotopic (exact) mass is 334 g/mol. The van der Waals surface area contributed by atoms with Crippen molar-refractivity contribution in [3.63, 3.8) is 0 Å². The Labute approximate surface area is 139 Å². The van der Waals surface area contributed by atoms with E-state index >= 15 is 0 Å². The second-order valence-corrected chi connectivity index (χ2v) is 6.19. The highest BCUT2D eigenvalue weighted by Gasteiger charge is 2.24. The van der Waals surface area contributed by atoms with Gasteiger partial charge < -0.3 is 15.2 Å². The molecule has 0 aliphatic carbocycles. The smallest absolute Gasteiger partial charge is 0.242 e. The Morgan fingerprint density at radius 1 is 1.43 bits per heavy atom. The SMILES string of the molecule is Cc1nnc2n1C[C@H](N[C@H](C)C(=O)Nc1ccc(Cl)cn1)CC2. The summed E-state index contributed by atoms with van der Waals surface area (Å²) < 4.78 is 2.10. The standard InChI is InChI=1S/C15H19ClN6O/c1-9(15(23)19-13-5-3-11(16)7-17-13)18-12-4-6-14-21-20-10(2)22(14)8-12/h3,5,7,9,12,18H,4,6,8H2,1-2H3,(H,17,19,23)/t9-,12-/m1/s1. The summed E-state index contributed by atoms with van der Waals surface area (Å²) in [6.07, 6.45) is 3.31. The summed E-state index contributed by atoms with van der Waals surface area (Å²) >= 11 is 5.78. The minimum atomic E-state index is -0.323. The summed E-state index contributed by atoms with van der Waals surface area (Å²) in [6, 6.07) is 3.27. The van der Waals surface area contributed by atoms with Gasteiger partial charge in [0, 0.05) is 25.2 Å². The maximum Gasteiger partial charge on any atom is 0.242 e. The van der Waals surface area contributed by atoms with E-state index in [-0.39, 0.29) is 18.0 Å². The van der Waals surface area contributed by atoms with E-state index < -0.39 is 0 Å². The van der Waals surface area contributed by atoms with E-state index in [4.69, 9.17) is 11.6 Å². The van der Waals surface area contributed by atoms with Crippen molar-refractivity contribution >= 4 is 23.3 Å². The molecule has 122 valence electrons. The lowest BCUT2D eigenvalue weighted by molar-refractivity contribution is -0.118. The third-order valence-corrected chi connectivity index (χ3v) is 4.21. The lowest BCUT2D eigenvalue weighted by Crippen LogP contribution is -2.47. The lowest BCUT2D eigenvalue weighted by Gasteiger charge is -2.27. The predicted molar refractivity (Wildman–Crippen MR) is 87.3 cm³/mol. The summed E-state index contributed by atoms with van der Waals surface area (Å²) in [5.74, 6) is 2.30. The first kappa shape index (κ1) is 15.9. The Kier molecular flexibility index (Phi) is 4.58. The second-order valence-electron chi connectivity index (χ2n) is 5.75. The molecule has 1 aliphatic rings. The third-order valence-electron chi connectivity index (χ3n) is 3.99. The van der Waals surface area contributed by atoms with Crippen molar-refractivity contribution in [2.24, 2.45) is 0 Å². The van der Waals surface area contributed by atoms with Gasteiger partial charge in [0.15, 0.2) is 0 Å². The van der Waals surface area contributed by atoms with Crippen molar-refractivity contribution in [2.75, 3.05) is 5.32 Å². The van der Waals surface area contributed by atoms with Gasteiger partial charge in [-0.25, -0.2) is 4.98 Å². The largest absolute Gasteiger partial charge is 0.314 e. The molecule has 3 heterocycles. The summed E-state index contributed by atoms with van der Waals surface area (Å²) in [6.45, 7) is 4.58. The number of aromatic nitrogens is 4. The van der Waals surface area contributed by atoms with Crippen LogP contribution in [0.2, 0.25) is 5.02 Å². The zero-order valence-electron chi connectivity index (χ0n) is 13.1. The topological polar surface area (TPSA) is 84.7 Å². The molecule has 2 N–H and O–H groups in total. The summed E-state index contributed by atoms with van der Waals surface area (Å²) in [5.41, 5.74) is 0. The maximum atomic E-state index is 12.3. The van der Waals surface area contributed by atoms with E-state index in [1.54, 1.807) is 12.1 Å². The van der Waals surface area contributed by atoms with Crippen LogP contribution < -0.4 is 10.6 Å². The van der Waals surface area contributed by atoms with Crippen molar-refractivity contribution in [3.05, 3.63) is 35.0 Å². The summed E-state index contributed by atoms with van der Waals surface area (Å²) in [7, 11) is 0. The number of halogens is 1. The predicted octanol–water partition coefficient (Wildman–Crippen LogP) is 1.57. The van der Waals surface area contributed by atoms with Crippen LogP contribution >= 0.6 is 11.6 Å². The van der Waals surface area contributed by atoms with Crippen LogP contribution in [-0.4, -0.2) is 37.7 Å². The first-order chi connectivity index (χ1) is 11.0. The number of nitrogens with one attached hydrogen (secondary N) is 2. The van der Waals surface area contributed by atoms with Gasteiger partial charge in [-0.2, -0.15) is 0 Å². The lowest BCUT2D eigenvalue weighted by atomic mass is 10.1. The van der Waals surface area contributed by atoms with Gasteiger partial charge in [0.1, 0.15) is 17.5 Å². The number of pyridine rings is 1. The number of carbonyl (C=O) groups excluding carboxylic acids is 1. The van der Waals surface area contributed by atoms with Crippen molar-refractivity contribution in [3.8, 4) is 0 Å². The minimum absolute atomic E-state index is 0.119. The minimum Gasteiger partial charge on any atom is -0.314 e. The van der Waals surface area contributed by atoms with Gasteiger partial charge in [0.05, 0.1) is 11.1 Å². The van der Waals surface area contributed by atoms with Crippen LogP contribution in [0.25, 0.3) is 0 Å². The molecular formula is C15H19ClN6O. The molecule has 1 aliphatic heterocycles. The Morgan fingerprint density at radius 2 is 2.26 bits per heavy atom. The van der Waals surface area contributed by atoms with E-state index in [9.17, 15) is 4.79 Å². The Hall–Kier alpha value is -1.99. The molecule has 2 aromatic rings. The van der Waals surface area contributed by atoms with Gasteiger partial charge >= 0.3 is 0 Å². The number of hydrogen-bond acceptors (Lipinski definition) is 5. The zero-order chi connectivity index (χ0) is 16.4. The van der Waals surface area contributed by atoms with Gasteiger partial charge in [-0.3, -0.25) is 4.79 Å². The molecule has 1 amide bonds. The third kappa shape index (κ3) is 3.68. The van der Waals surface area contributed by atoms with Crippen molar-refractivity contribution < 1.29 is 4.79 Å². The average Bonchev–Trinajstić information content (AvgIpc) is 2.90. The van der Waals surface area contributed by atoms with Crippen LogP contribution in [0.5, 0.6) is 0 Å². The number of fused-ring (bicyclic) bond motifs is 1. The highest BCUT2D eigenvalue weighted by Crippen LogP contribution is 2.15. The number of amides is 1. The van der Waals surface area contributed by atoms with Crippen LogP contribution in [0.3, 0.4) is 0 Å². The van der Waals surface area contributed by atoms with E-state index in [1.807, 2.05) is 13.8 Å². The van der Waals surface area contributed by atoms with Gasteiger partial charge in [-0.05, 0) is 32.4 Å². The summed E-state index contributed by atoms with van der Waals surface area (Å²) in [5, 5.41) is 14.9. The highest BCUT2D eigenvalue weighted by molar-refractivity contribution is 6.30. The number of hydrogen-bond donors (Lipinski definition) is 2. The zero-order valence-corrected chi connectivity index (χ0v) is 13.8.